The van der Waals surface area contributed by atoms with Gasteiger partial charge in [0.15, 0.2) is 0 Å². The van der Waals surface area contributed by atoms with E-state index in [0.29, 0.717) is 15.7 Å². The molecule has 5 N–H and O–H groups in total. The normalized spacial score (nSPS) is 10.6. The van der Waals surface area contributed by atoms with Gasteiger partial charge < -0.3 is 20.7 Å². The second-order valence-electron chi connectivity index (χ2n) is 5.12. The Hall–Kier alpha value is -2.35. The zero-order valence-electron chi connectivity index (χ0n) is 12.7. The Morgan fingerprint density at radius 3 is 2.52 bits per heavy atom. The van der Waals surface area contributed by atoms with E-state index in [1.165, 1.54) is 35.4 Å². The molecule has 0 aliphatic rings. The Balaban J connectivity index is 1.74. The van der Waals surface area contributed by atoms with E-state index in [1.807, 2.05) is 30.3 Å². The number of carboxylic acid groups (broad SMARTS) is 1. The number of nitrogens with one attached hydrogen (secondary N) is 1. The van der Waals surface area contributed by atoms with Gasteiger partial charge in [-0.15, -0.1) is 11.3 Å². The first-order valence-corrected chi connectivity index (χ1v) is 9.09. The summed E-state index contributed by atoms with van der Waals surface area (Å²) in [5, 5.41) is 18.6. The molecule has 3 aromatic rings. The van der Waals surface area contributed by atoms with Crippen molar-refractivity contribution in [2.24, 2.45) is 0 Å². The summed E-state index contributed by atoms with van der Waals surface area (Å²) in [4.78, 5) is 10.9. The highest BCUT2D eigenvalue weighted by molar-refractivity contribution is 8.02. The fourth-order valence-electron chi connectivity index (χ4n) is 2.14. The van der Waals surface area contributed by atoms with Gasteiger partial charge >= 0.3 is 5.97 Å². The number of carboxylic acids is 1. The van der Waals surface area contributed by atoms with Crippen LogP contribution in [-0.2, 0) is 0 Å². The standard InChI is InChI=1S/C17H13ClN2O3S2/c18-16-13(9-1-3-10(19)4-2-9)8-15(24-16)25-20-11-5-6-12(17(22)23)14(21)7-11/h1-8,20-21H,19H2,(H,22,23). The SMILES string of the molecule is Nc1ccc(-c2cc(SNc3ccc(C(=O)O)c(O)c3)sc2Cl)cc1. The van der Waals surface area contributed by atoms with Gasteiger partial charge in [0.25, 0.3) is 0 Å². The number of halogens is 1. The lowest BCUT2D eigenvalue weighted by molar-refractivity contribution is 0.0694. The molecule has 0 radical (unpaired) electrons. The molecule has 0 spiro atoms. The molecule has 1 heterocycles. The van der Waals surface area contributed by atoms with Gasteiger partial charge in [-0.3, -0.25) is 0 Å². The molecule has 2 aromatic carbocycles. The van der Waals surface area contributed by atoms with Gasteiger partial charge in [0.2, 0.25) is 0 Å². The first kappa shape index (κ1) is 17.5. The first-order valence-electron chi connectivity index (χ1n) is 7.08. The molecule has 0 saturated carbocycles. The summed E-state index contributed by atoms with van der Waals surface area (Å²) in [7, 11) is 0. The molecule has 0 fully saturated rings. The van der Waals surface area contributed by atoms with Gasteiger partial charge in [0.05, 0.1) is 4.21 Å². The Kier molecular flexibility index (Phi) is 5.08. The molecule has 0 bridgehead atoms. The average molecular weight is 393 g/mol. The van der Waals surface area contributed by atoms with E-state index in [1.54, 1.807) is 6.07 Å². The lowest BCUT2D eigenvalue weighted by atomic mass is 10.1. The van der Waals surface area contributed by atoms with Crippen LogP contribution < -0.4 is 10.5 Å². The molecule has 25 heavy (non-hydrogen) atoms. The number of benzene rings is 2. The molecule has 3 rings (SSSR count). The molecule has 5 nitrogen and oxygen atoms in total. The van der Waals surface area contributed by atoms with Gasteiger partial charge in [-0.25, -0.2) is 4.79 Å². The summed E-state index contributed by atoms with van der Waals surface area (Å²) in [5.41, 5.74) is 8.74. The lowest BCUT2D eigenvalue weighted by Gasteiger charge is -2.05. The Morgan fingerprint density at radius 2 is 1.88 bits per heavy atom. The molecule has 1 aromatic heterocycles. The van der Waals surface area contributed by atoms with Crippen molar-refractivity contribution in [3.8, 4) is 16.9 Å². The van der Waals surface area contributed by atoms with Crippen LogP contribution in [0.2, 0.25) is 4.34 Å². The van der Waals surface area contributed by atoms with Crippen molar-refractivity contribution in [1.29, 1.82) is 0 Å². The molecule has 0 saturated heterocycles. The minimum Gasteiger partial charge on any atom is -0.507 e. The van der Waals surface area contributed by atoms with Crippen molar-refractivity contribution in [2.75, 3.05) is 10.5 Å². The minimum atomic E-state index is -1.17. The number of nitrogen functional groups attached to an aromatic ring is 1. The maximum atomic E-state index is 10.9. The number of anilines is 2. The van der Waals surface area contributed by atoms with E-state index < -0.39 is 5.97 Å². The molecule has 0 atom stereocenters. The maximum absolute atomic E-state index is 10.9. The highest BCUT2D eigenvalue weighted by Gasteiger charge is 2.12. The molecular formula is C17H13ClN2O3S2. The van der Waals surface area contributed by atoms with Crippen molar-refractivity contribution >= 4 is 52.2 Å². The van der Waals surface area contributed by atoms with Crippen LogP contribution in [0.4, 0.5) is 11.4 Å². The summed E-state index contributed by atoms with van der Waals surface area (Å²) < 4.78 is 4.66. The molecule has 0 unspecified atom stereocenters. The maximum Gasteiger partial charge on any atom is 0.339 e. The molecule has 0 aliphatic carbocycles. The third-order valence-electron chi connectivity index (χ3n) is 3.38. The van der Waals surface area contributed by atoms with E-state index in [2.05, 4.69) is 4.72 Å². The van der Waals surface area contributed by atoms with Crippen LogP contribution in [0.5, 0.6) is 5.75 Å². The highest BCUT2D eigenvalue weighted by Crippen LogP contribution is 2.40. The van der Waals surface area contributed by atoms with Crippen molar-refractivity contribution in [3.05, 3.63) is 58.4 Å². The van der Waals surface area contributed by atoms with E-state index in [0.717, 1.165) is 15.3 Å². The van der Waals surface area contributed by atoms with Crippen LogP contribution in [0.25, 0.3) is 11.1 Å². The number of hydrogen-bond acceptors (Lipinski definition) is 6. The fourth-order valence-corrected chi connectivity index (χ4v) is 4.40. The molecule has 0 aliphatic heterocycles. The smallest absolute Gasteiger partial charge is 0.339 e. The van der Waals surface area contributed by atoms with Crippen LogP contribution in [-0.4, -0.2) is 16.2 Å². The van der Waals surface area contributed by atoms with E-state index in [9.17, 15) is 9.90 Å². The third-order valence-corrected chi connectivity index (χ3v) is 5.69. The summed E-state index contributed by atoms with van der Waals surface area (Å²) in [6.45, 7) is 0. The van der Waals surface area contributed by atoms with E-state index in [4.69, 9.17) is 22.4 Å². The zero-order valence-corrected chi connectivity index (χ0v) is 15.1. The number of carbonyl (C=O) groups is 1. The monoisotopic (exact) mass is 392 g/mol. The topological polar surface area (TPSA) is 95.6 Å². The number of nitrogens with two attached hydrogens (primary N) is 1. The Morgan fingerprint density at radius 1 is 1.16 bits per heavy atom. The van der Waals surface area contributed by atoms with Gasteiger partial charge in [0, 0.05) is 23.0 Å². The highest BCUT2D eigenvalue weighted by atomic mass is 35.5. The van der Waals surface area contributed by atoms with Gasteiger partial charge in [-0.2, -0.15) is 0 Å². The molecule has 8 heteroatoms. The van der Waals surface area contributed by atoms with Crippen molar-refractivity contribution in [2.45, 2.75) is 4.21 Å². The number of aromatic carboxylic acids is 1. The van der Waals surface area contributed by atoms with Crippen molar-refractivity contribution in [3.63, 3.8) is 0 Å². The number of phenols is 1. The van der Waals surface area contributed by atoms with Crippen LogP contribution in [0.3, 0.4) is 0 Å². The quantitative estimate of drug-likeness (QED) is 0.353. The Labute approximate surface area is 157 Å². The van der Waals surface area contributed by atoms with Gasteiger partial charge in [-0.1, -0.05) is 23.7 Å². The molecule has 128 valence electrons. The van der Waals surface area contributed by atoms with E-state index >= 15 is 0 Å². The van der Waals surface area contributed by atoms with Crippen LogP contribution in [0.1, 0.15) is 10.4 Å². The summed E-state index contributed by atoms with van der Waals surface area (Å²) >= 11 is 9.08. The fraction of sp³-hybridized carbons (Fsp3) is 0. The molecular weight excluding hydrogens is 380 g/mol. The average Bonchev–Trinajstić information content (AvgIpc) is 2.94. The predicted octanol–water partition coefficient (Wildman–Crippen LogP) is 5.17. The van der Waals surface area contributed by atoms with Crippen LogP contribution in [0, 0.1) is 0 Å². The summed E-state index contributed by atoms with van der Waals surface area (Å²) in [6.07, 6.45) is 0. The van der Waals surface area contributed by atoms with Crippen LogP contribution in [0.15, 0.2) is 52.7 Å². The third kappa shape index (κ3) is 4.01. The lowest BCUT2D eigenvalue weighted by Crippen LogP contribution is -1.97. The largest absolute Gasteiger partial charge is 0.507 e. The van der Waals surface area contributed by atoms with Crippen molar-refractivity contribution in [1.82, 2.24) is 0 Å². The second kappa shape index (κ2) is 7.26. The van der Waals surface area contributed by atoms with Crippen LogP contribution >= 0.6 is 34.9 Å². The Bertz CT molecular complexity index is 926. The molecule has 0 amide bonds. The summed E-state index contributed by atoms with van der Waals surface area (Å²) in [5.74, 6) is -1.46. The summed E-state index contributed by atoms with van der Waals surface area (Å²) in [6, 6.07) is 13.7. The van der Waals surface area contributed by atoms with Gasteiger partial charge in [-0.05, 0) is 47.8 Å². The number of rotatable bonds is 5. The minimum absolute atomic E-state index is 0.139. The van der Waals surface area contributed by atoms with Gasteiger partial charge in [0.1, 0.15) is 15.6 Å². The number of aromatic hydroxyl groups is 1. The number of hydrogen-bond donors (Lipinski definition) is 4. The zero-order chi connectivity index (χ0) is 18.0. The van der Waals surface area contributed by atoms with E-state index in [-0.39, 0.29) is 11.3 Å². The predicted molar refractivity (Wildman–Crippen MR) is 104 cm³/mol. The van der Waals surface area contributed by atoms with Crippen molar-refractivity contribution < 1.29 is 15.0 Å². The first-order chi connectivity index (χ1) is 11.9. The number of thiophene rings is 1. The second-order valence-corrected chi connectivity index (χ2v) is 7.88.